The second kappa shape index (κ2) is 5.78. The van der Waals surface area contributed by atoms with Crippen molar-refractivity contribution in [1.29, 1.82) is 0 Å². The predicted octanol–water partition coefficient (Wildman–Crippen LogP) is 4.90. The molecule has 2 nitrogen and oxygen atoms in total. The summed E-state index contributed by atoms with van der Waals surface area (Å²) >= 11 is 4.50. The van der Waals surface area contributed by atoms with E-state index in [4.69, 9.17) is 0 Å². The quantitative estimate of drug-likeness (QED) is 0.661. The summed E-state index contributed by atoms with van der Waals surface area (Å²) in [4.78, 5) is 7.93. The van der Waals surface area contributed by atoms with Crippen molar-refractivity contribution in [3.05, 3.63) is 59.7 Å². The van der Waals surface area contributed by atoms with Crippen LogP contribution in [-0.2, 0) is 6.42 Å². The molecule has 0 saturated heterocycles. The molecule has 0 radical (unpaired) electrons. The van der Waals surface area contributed by atoms with Gasteiger partial charge in [-0.2, -0.15) is 0 Å². The number of imidazole rings is 1. The summed E-state index contributed by atoms with van der Waals surface area (Å²) in [6, 6.07) is 16.9. The molecule has 0 amide bonds. The van der Waals surface area contributed by atoms with E-state index in [1.165, 1.54) is 11.1 Å². The molecule has 0 unspecified atom stereocenters. The molecule has 106 valence electrons. The Kier molecular flexibility index (Phi) is 3.84. The Hall–Kier alpha value is -2.00. The highest BCUT2D eigenvalue weighted by molar-refractivity contribution is 7.80. The first-order chi connectivity index (χ1) is 10.2. The van der Waals surface area contributed by atoms with E-state index in [0.717, 1.165) is 34.1 Å². The second-order valence-corrected chi connectivity index (χ2v) is 5.62. The Morgan fingerprint density at radius 2 is 1.57 bits per heavy atom. The SMILES string of the molecule is CCc1ccc(-c2nc(S)c(-c3ccc(C)cc3)[nH]2)cc1. The Morgan fingerprint density at radius 3 is 2.19 bits per heavy atom. The first-order valence-corrected chi connectivity index (χ1v) is 7.57. The first-order valence-electron chi connectivity index (χ1n) is 7.12. The van der Waals surface area contributed by atoms with Crippen molar-refractivity contribution in [3.8, 4) is 22.6 Å². The minimum absolute atomic E-state index is 0.730. The maximum atomic E-state index is 4.54. The van der Waals surface area contributed by atoms with Gasteiger partial charge in [-0.25, -0.2) is 4.98 Å². The highest BCUT2D eigenvalue weighted by atomic mass is 32.1. The van der Waals surface area contributed by atoms with Gasteiger partial charge in [0.25, 0.3) is 0 Å². The van der Waals surface area contributed by atoms with Crippen LogP contribution < -0.4 is 0 Å². The standard InChI is InChI=1S/C18H18N2S/c1-3-13-6-10-15(11-7-13)17-19-16(18(21)20-17)14-8-4-12(2)5-9-14/h4-11,21H,3H2,1-2H3,(H,19,20). The van der Waals surface area contributed by atoms with E-state index in [1.54, 1.807) is 0 Å². The monoisotopic (exact) mass is 294 g/mol. The second-order valence-electron chi connectivity index (χ2n) is 5.20. The van der Waals surface area contributed by atoms with Crippen molar-refractivity contribution < 1.29 is 0 Å². The van der Waals surface area contributed by atoms with Gasteiger partial charge in [-0.1, -0.05) is 61.0 Å². The summed E-state index contributed by atoms with van der Waals surface area (Å²) in [5, 5.41) is 0.730. The van der Waals surface area contributed by atoms with E-state index in [2.05, 4.69) is 85.0 Å². The number of hydrogen-bond acceptors (Lipinski definition) is 2. The van der Waals surface area contributed by atoms with Crippen molar-refractivity contribution >= 4 is 12.6 Å². The lowest BCUT2D eigenvalue weighted by molar-refractivity contribution is 1.14. The molecule has 0 fully saturated rings. The van der Waals surface area contributed by atoms with Crippen LogP contribution in [0.3, 0.4) is 0 Å². The van der Waals surface area contributed by atoms with Crippen molar-refractivity contribution in [2.24, 2.45) is 0 Å². The van der Waals surface area contributed by atoms with E-state index in [9.17, 15) is 0 Å². The number of aromatic nitrogens is 2. The van der Waals surface area contributed by atoms with Crippen LogP contribution in [0.15, 0.2) is 53.6 Å². The molecule has 0 atom stereocenters. The van der Waals surface area contributed by atoms with Gasteiger partial charge in [-0.3, -0.25) is 0 Å². The van der Waals surface area contributed by atoms with Crippen molar-refractivity contribution in [2.45, 2.75) is 25.3 Å². The molecule has 1 N–H and O–H groups in total. The molecule has 1 heterocycles. The Bertz CT molecular complexity index is 740. The number of hydrogen-bond donors (Lipinski definition) is 2. The van der Waals surface area contributed by atoms with Crippen LogP contribution in [0, 0.1) is 6.92 Å². The van der Waals surface area contributed by atoms with Gasteiger partial charge < -0.3 is 4.98 Å². The number of benzene rings is 2. The van der Waals surface area contributed by atoms with Crippen LogP contribution in [0.25, 0.3) is 22.6 Å². The third-order valence-electron chi connectivity index (χ3n) is 3.66. The summed E-state index contributed by atoms with van der Waals surface area (Å²) in [7, 11) is 0. The van der Waals surface area contributed by atoms with Crippen LogP contribution in [0.1, 0.15) is 18.1 Å². The zero-order valence-electron chi connectivity index (χ0n) is 12.2. The zero-order valence-corrected chi connectivity index (χ0v) is 13.1. The van der Waals surface area contributed by atoms with Crippen LogP contribution >= 0.6 is 12.6 Å². The van der Waals surface area contributed by atoms with E-state index in [-0.39, 0.29) is 0 Å². The lowest BCUT2D eigenvalue weighted by atomic mass is 10.1. The average molecular weight is 294 g/mol. The van der Waals surface area contributed by atoms with Gasteiger partial charge in [0.05, 0.1) is 5.69 Å². The minimum Gasteiger partial charge on any atom is -0.337 e. The zero-order chi connectivity index (χ0) is 14.8. The number of nitrogens with zero attached hydrogens (tertiary/aromatic N) is 1. The highest BCUT2D eigenvalue weighted by Crippen LogP contribution is 2.28. The van der Waals surface area contributed by atoms with Crippen LogP contribution in [0.5, 0.6) is 0 Å². The molecule has 0 bridgehead atoms. The lowest BCUT2D eigenvalue weighted by Crippen LogP contribution is -1.83. The molecule has 1 aromatic heterocycles. The summed E-state index contributed by atoms with van der Waals surface area (Å²) in [6.45, 7) is 4.24. The number of thiol groups is 1. The summed E-state index contributed by atoms with van der Waals surface area (Å²) < 4.78 is 0. The molecule has 0 aliphatic carbocycles. The number of aromatic amines is 1. The number of nitrogens with one attached hydrogen (secondary N) is 1. The number of H-pyrrole nitrogens is 1. The smallest absolute Gasteiger partial charge is 0.139 e. The van der Waals surface area contributed by atoms with Crippen molar-refractivity contribution in [3.63, 3.8) is 0 Å². The molecule has 3 heteroatoms. The predicted molar refractivity (Wildman–Crippen MR) is 90.8 cm³/mol. The van der Waals surface area contributed by atoms with E-state index < -0.39 is 0 Å². The van der Waals surface area contributed by atoms with Crippen LogP contribution in [0.2, 0.25) is 0 Å². The average Bonchev–Trinajstić information content (AvgIpc) is 2.90. The van der Waals surface area contributed by atoms with Gasteiger partial charge in [0.15, 0.2) is 0 Å². The van der Waals surface area contributed by atoms with Gasteiger partial charge >= 0.3 is 0 Å². The maximum absolute atomic E-state index is 4.54. The topological polar surface area (TPSA) is 28.7 Å². The summed E-state index contributed by atoms with van der Waals surface area (Å²) in [5.74, 6) is 0.859. The number of aryl methyl sites for hydroxylation is 2. The molecule has 0 spiro atoms. The van der Waals surface area contributed by atoms with Gasteiger partial charge in [-0.05, 0) is 18.9 Å². The molecule has 0 aliphatic rings. The van der Waals surface area contributed by atoms with Crippen molar-refractivity contribution in [2.75, 3.05) is 0 Å². The van der Waals surface area contributed by atoms with Crippen molar-refractivity contribution in [1.82, 2.24) is 9.97 Å². The fourth-order valence-electron chi connectivity index (χ4n) is 2.32. The van der Waals surface area contributed by atoms with Crippen LogP contribution in [-0.4, -0.2) is 9.97 Å². The molecule has 2 aromatic carbocycles. The fraction of sp³-hybridized carbons (Fsp3) is 0.167. The summed E-state index contributed by atoms with van der Waals surface area (Å²) in [6.07, 6.45) is 1.05. The molecule has 0 aliphatic heterocycles. The number of rotatable bonds is 3. The van der Waals surface area contributed by atoms with E-state index in [1.807, 2.05) is 0 Å². The third-order valence-corrected chi connectivity index (χ3v) is 3.98. The van der Waals surface area contributed by atoms with Gasteiger partial charge in [0.1, 0.15) is 10.9 Å². The minimum atomic E-state index is 0.730. The Balaban J connectivity index is 1.98. The van der Waals surface area contributed by atoms with E-state index >= 15 is 0 Å². The van der Waals surface area contributed by atoms with E-state index in [0.29, 0.717) is 0 Å². The summed E-state index contributed by atoms with van der Waals surface area (Å²) in [5.41, 5.74) is 5.73. The molecule has 3 aromatic rings. The van der Waals surface area contributed by atoms with Gasteiger partial charge in [-0.15, -0.1) is 12.6 Å². The van der Waals surface area contributed by atoms with Gasteiger partial charge in [0.2, 0.25) is 0 Å². The highest BCUT2D eigenvalue weighted by Gasteiger charge is 2.10. The Labute approximate surface area is 130 Å². The third kappa shape index (κ3) is 2.88. The molecular weight excluding hydrogens is 276 g/mol. The largest absolute Gasteiger partial charge is 0.337 e. The normalized spacial score (nSPS) is 10.8. The lowest BCUT2D eigenvalue weighted by Gasteiger charge is -2.01. The molecule has 21 heavy (non-hydrogen) atoms. The first kappa shape index (κ1) is 14.0. The molecule has 3 rings (SSSR count). The Morgan fingerprint density at radius 1 is 0.952 bits per heavy atom. The van der Waals surface area contributed by atoms with Gasteiger partial charge in [0, 0.05) is 11.1 Å². The molecule has 0 saturated carbocycles. The fourth-order valence-corrected chi connectivity index (χ4v) is 2.61. The van der Waals surface area contributed by atoms with Crippen LogP contribution in [0.4, 0.5) is 0 Å². The molecular formula is C18H18N2S. The maximum Gasteiger partial charge on any atom is 0.139 e.